The van der Waals surface area contributed by atoms with Crippen LogP contribution in [0, 0.1) is 0 Å². The molecular formula is C33H28NO3P. The number of aliphatic hydroxyl groups is 1. The van der Waals surface area contributed by atoms with Crippen molar-refractivity contribution in [3.05, 3.63) is 151 Å². The van der Waals surface area contributed by atoms with Gasteiger partial charge < -0.3 is 15.0 Å². The number of benzene rings is 5. The zero-order chi connectivity index (χ0) is 26.4. The molecule has 0 saturated heterocycles. The summed E-state index contributed by atoms with van der Waals surface area (Å²) in [4.78, 5) is 13.6. The van der Waals surface area contributed by atoms with Gasteiger partial charge in [-0.3, -0.25) is 4.79 Å². The Morgan fingerprint density at radius 3 is 1.76 bits per heavy atom. The van der Waals surface area contributed by atoms with E-state index in [1.807, 2.05) is 133 Å². The molecule has 2 N–H and O–H groups in total. The molecule has 0 aliphatic carbocycles. The molecule has 0 spiro atoms. The second kappa shape index (κ2) is 11.4. The summed E-state index contributed by atoms with van der Waals surface area (Å²) >= 11 is 0. The maximum absolute atomic E-state index is 15.1. The van der Waals surface area contributed by atoms with Crippen LogP contribution in [0.1, 0.15) is 22.0 Å². The van der Waals surface area contributed by atoms with Crippen LogP contribution in [0.4, 0.5) is 0 Å². The lowest BCUT2D eigenvalue weighted by atomic mass is 9.98. The number of rotatable bonds is 8. The molecule has 188 valence electrons. The summed E-state index contributed by atoms with van der Waals surface area (Å²) in [5.74, 6) is -0.312. The van der Waals surface area contributed by atoms with E-state index in [9.17, 15) is 9.90 Å². The zero-order valence-electron chi connectivity index (χ0n) is 20.8. The Balaban J connectivity index is 1.58. The van der Waals surface area contributed by atoms with Crippen molar-refractivity contribution in [2.75, 3.05) is 6.61 Å². The maximum Gasteiger partial charge on any atom is 0.252 e. The minimum Gasteiger partial charge on any atom is -0.394 e. The van der Waals surface area contributed by atoms with Crippen molar-refractivity contribution in [1.29, 1.82) is 0 Å². The number of hydrogen-bond donors (Lipinski definition) is 2. The third-order valence-electron chi connectivity index (χ3n) is 6.64. The van der Waals surface area contributed by atoms with E-state index in [-0.39, 0.29) is 12.5 Å². The second-order valence-corrected chi connectivity index (χ2v) is 11.7. The molecule has 5 aromatic carbocycles. The van der Waals surface area contributed by atoms with E-state index < -0.39 is 13.2 Å². The lowest BCUT2D eigenvalue weighted by molar-refractivity contribution is 0.0917. The van der Waals surface area contributed by atoms with Crippen molar-refractivity contribution >= 4 is 29.0 Å². The van der Waals surface area contributed by atoms with Gasteiger partial charge in [-0.2, -0.15) is 0 Å². The van der Waals surface area contributed by atoms with E-state index in [1.165, 1.54) is 0 Å². The molecule has 0 aliphatic heterocycles. The summed E-state index contributed by atoms with van der Waals surface area (Å²) < 4.78 is 15.1. The van der Waals surface area contributed by atoms with E-state index in [2.05, 4.69) is 5.32 Å². The van der Waals surface area contributed by atoms with Gasteiger partial charge in [0.1, 0.15) is 0 Å². The van der Waals surface area contributed by atoms with Crippen molar-refractivity contribution in [2.24, 2.45) is 0 Å². The molecule has 38 heavy (non-hydrogen) atoms. The minimum atomic E-state index is -3.32. The van der Waals surface area contributed by atoms with Crippen LogP contribution >= 0.6 is 7.14 Å². The first-order valence-corrected chi connectivity index (χ1v) is 14.2. The Morgan fingerprint density at radius 1 is 0.658 bits per heavy atom. The normalized spacial score (nSPS) is 12.0. The standard InChI is InChI=1S/C33H28NO3P/c35-24-31(34-33(36)29-21-11-10-20-28(29)25-14-4-1-5-15-25)30-22-12-13-23-32(30)38(37,26-16-6-2-7-17-26)27-18-8-3-9-19-27/h1-23,31,35H,24H2,(H,34,36)/t31-/m1/s1. The Bertz CT molecular complexity index is 1530. The van der Waals surface area contributed by atoms with Gasteiger partial charge in [-0.15, -0.1) is 0 Å². The third kappa shape index (κ3) is 4.97. The fraction of sp³-hybridized carbons (Fsp3) is 0.0606. The van der Waals surface area contributed by atoms with Gasteiger partial charge in [-0.05, 0) is 22.8 Å². The number of hydrogen-bond acceptors (Lipinski definition) is 3. The summed E-state index contributed by atoms with van der Waals surface area (Å²) in [5.41, 5.74) is 2.85. The molecule has 5 heteroatoms. The van der Waals surface area contributed by atoms with Gasteiger partial charge >= 0.3 is 0 Å². The molecule has 0 aromatic heterocycles. The van der Waals surface area contributed by atoms with E-state index in [4.69, 9.17) is 0 Å². The Hall–Kier alpha value is -4.24. The number of aliphatic hydroxyl groups excluding tert-OH is 1. The van der Waals surface area contributed by atoms with Gasteiger partial charge in [0.05, 0.1) is 12.6 Å². The number of carbonyl (C=O) groups is 1. The summed E-state index contributed by atoms with van der Waals surface area (Å²) in [6.07, 6.45) is 0. The van der Waals surface area contributed by atoms with Crippen molar-refractivity contribution in [3.63, 3.8) is 0 Å². The van der Waals surface area contributed by atoms with Crippen molar-refractivity contribution in [3.8, 4) is 11.1 Å². The molecule has 4 nitrogen and oxygen atoms in total. The first-order valence-electron chi connectivity index (χ1n) is 12.5. The summed E-state index contributed by atoms with van der Waals surface area (Å²) in [6.45, 7) is -0.347. The molecule has 0 unspecified atom stereocenters. The van der Waals surface area contributed by atoms with E-state index in [0.29, 0.717) is 27.0 Å². The van der Waals surface area contributed by atoms with Gasteiger partial charge in [-0.25, -0.2) is 0 Å². The molecule has 0 fully saturated rings. The molecule has 0 aliphatic rings. The molecule has 0 heterocycles. The predicted molar refractivity (Wildman–Crippen MR) is 155 cm³/mol. The van der Waals surface area contributed by atoms with Crippen LogP contribution in [-0.2, 0) is 4.57 Å². The number of amides is 1. The number of carbonyl (C=O) groups excluding carboxylic acids is 1. The highest BCUT2D eigenvalue weighted by Crippen LogP contribution is 2.44. The highest BCUT2D eigenvalue weighted by Gasteiger charge is 2.33. The highest BCUT2D eigenvalue weighted by atomic mass is 31.2. The predicted octanol–water partition coefficient (Wildman–Crippen LogP) is 5.46. The first-order chi connectivity index (χ1) is 18.6. The van der Waals surface area contributed by atoms with Crippen LogP contribution < -0.4 is 21.2 Å². The van der Waals surface area contributed by atoms with Crippen molar-refractivity contribution in [2.45, 2.75) is 6.04 Å². The largest absolute Gasteiger partial charge is 0.394 e. The fourth-order valence-corrected chi connectivity index (χ4v) is 7.71. The van der Waals surface area contributed by atoms with Crippen molar-refractivity contribution < 1.29 is 14.5 Å². The van der Waals surface area contributed by atoms with Crippen LogP contribution in [0.25, 0.3) is 11.1 Å². The molecule has 0 saturated carbocycles. The fourth-order valence-electron chi connectivity index (χ4n) is 4.78. The zero-order valence-corrected chi connectivity index (χ0v) is 21.7. The van der Waals surface area contributed by atoms with E-state index in [0.717, 1.165) is 11.1 Å². The molecule has 1 atom stereocenters. The molecule has 1 amide bonds. The summed E-state index contributed by atoms with van der Waals surface area (Å²) in [5, 5.41) is 15.5. The van der Waals surface area contributed by atoms with Crippen molar-refractivity contribution in [1.82, 2.24) is 5.32 Å². The van der Waals surface area contributed by atoms with Crippen LogP contribution in [0.15, 0.2) is 140 Å². The monoisotopic (exact) mass is 517 g/mol. The maximum atomic E-state index is 15.1. The van der Waals surface area contributed by atoms with Gasteiger partial charge in [0.2, 0.25) is 0 Å². The lowest BCUT2D eigenvalue weighted by Gasteiger charge is -2.26. The molecule has 5 aromatic rings. The SMILES string of the molecule is O=C(N[C@H](CO)c1ccccc1P(=O)(c1ccccc1)c1ccccc1)c1ccccc1-c1ccccc1. The molecular weight excluding hydrogens is 489 g/mol. The first kappa shape index (κ1) is 25.4. The highest BCUT2D eigenvalue weighted by molar-refractivity contribution is 7.85. The van der Waals surface area contributed by atoms with E-state index >= 15 is 4.57 Å². The average molecular weight is 518 g/mol. The minimum absolute atomic E-state index is 0.312. The van der Waals surface area contributed by atoms with Gasteiger partial charge in [0.25, 0.3) is 5.91 Å². The number of nitrogens with one attached hydrogen (secondary N) is 1. The molecule has 5 rings (SSSR count). The quantitative estimate of drug-likeness (QED) is 0.269. The van der Waals surface area contributed by atoms with E-state index in [1.54, 1.807) is 6.07 Å². The summed E-state index contributed by atoms with van der Waals surface area (Å²) in [6, 6.07) is 42.5. The Kier molecular flexibility index (Phi) is 7.65. The smallest absolute Gasteiger partial charge is 0.252 e. The van der Waals surface area contributed by atoms with Crippen LogP contribution in [0.3, 0.4) is 0 Å². The lowest BCUT2D eigenvalue weighted by Crippen LogP contribution is -2.36. The van der Waals surface area contributed by atoms with Gasteiger partial charge in [-0.1, -0.05) is 133 Å². The third-order valence-corrected chi connectivity index (χ3v) is 9.77. The summed E-state index contributed by atoms with van der Waals surface area (Å²) in [7, 11) is -3.32. The second-order valence-electron chi connectivity index (χ2n) is 8.96. The Morgan fingerprint density at radius 2 is 1.16 bits per heavy atom. The Labute approximate surface area is 223 Å². The molecule has 0 radical (unpaired) electrons. The van der Waals surface area contributed by atoms with Gasteiger partial charge in [0, 0.05) is 21.5 Å². The molecule has 0 bridgehead atoms. The average Bonchev–Trinajstić information content (AvgIpc) is 3.00. The van der Waals surface area contributed by atoms with Gasteiger partial charge in [0.15, 0.2) is 7.14 Å². The van der Waals surface area contributed by atoms with Crippen LogP contribution in [-0.4, -0.2) is 17.6 Å². The topological polar surface area (TPSA) is 66.4 Å². The van der Waals surface area contributed by atoms with Crippen LogP contribution in [0.5, 0.6) is 0 Å². The van der Waals surface area contributed by atoms with Crippen LogP contribution in [0.2, 0.25) is 0 Å².